The minimum Gasteiger partial charge on any atom is -0.488 e. The Hall–Kier alpha value is -4.38. The van der Waals surface area contributed by atoms with E-state index in [9.17, 15) is 18.2 Å². The summed E-state index contributed by atoms with van der Waals surface area (Å²) in [5, 5.41) is 9.74. The molecule has 6 rings (SSSR count). The number of fused-ring (bicyclic) bond motifs is 1. The van der Waals surface area contributed by atoms with Gasteiger partial charge in [-0.05, 0) is 98.9 Å². The second-order valence-electron chi connectivity index (χ2n) is 13.1. The smallest absolute Gasteiger partial charge is 0.266 e. The first kappa shape index (κ1) is 37.4. The fourth-order valence-electron chi connectivity index (χ4n) is 6.53. The molecule has 0 aliphatic carbocycles. The lowest BCUT2D eigenvalue weighted by Gasteiger charge is -2.25. The molecule has 0 radical (unpaired) electrons. The van der Waals surface area contributed by atoms with E-state index in [-0.39, 0.29) is 25.5 Å². The van der Waals surface area contributed by atoms with Gasteiger partial charge >= 0.3 is 0 Å². The fraction of sp³-hybridized carbons (Fsp3) is 0.385. The Labute approximate surface area is 310 Å². The predicted molar refractivity (Wildman–Crippen MR) is 199 cm³/mol. The summed E-state index contributed by atoms with van der Waals surface area (Å²) < 4.78 is 57.2. The molecular weight excluding hydrogens is 704 g/mol. The Morgan fingerprint density at radius 1 is 0.962 bits per heavy atom. The highest BCUT2D eigenvalue weighted by Crippen LogP contribution is 2.38. The lowest BCUT2D eigenvalue weighted by Crippen LogP contribution is -2.32. The van der Waals surface area contributed by atoms with Gasteiger partial charge in [-0.15, -0.1) is 0 Å². The second kappa shape index (κ2) is 17.4. The lowest BCUT2D eigenvalue weighted by atomic mass is 9.96. The van der Waals surface area contributed by atoms with Gasteiger partial charge in [0, 0.05) is 42.7 Å². The lowest BCUT2D eigenvalue weighted by molar-refractivity contribution is 0.171. The van der Waals surface area contributed by atoms with Crippen LogP contribution in [0.15, 0.2) is 67.0 Å². The topological polar surface area (TPSA) is 134 Å². The van der Waals surface area contributed by atoms with Gasteiger partial charge in [0.15, 0.2) is 11.5 Å². The molecule has 0 spiro atoms. The van der Waals surface area contributed by atoms with E-state index in [1.807, 2.05) is 35.2 Å². The predicted octanol–water partition coefficient (Wildman–Crippen LogP) is 6.69. The number of nitriles is 1. The van der Waals surface area contributed by atoms with E-state index < -0.39 is 10.1 Å². The Kier molecular flexibility index (Phi) is 12.5. The van der Waals surface area contributed by atoms with Gasteiger partial charge in [-0.25, -0.2) is 0 Å². The Bertz CT molecular complexity index is 2010. The highest BCUT2D eigenvalue weighted by molar-refractivity contribution is 7.85. The molecule has 0 amide bonds. The number of rotatable bonds is 16. The second-order valence-corrected chi connectivity index (χ2v) is 15.1. The van der Waals surface area contributed by atoms with Crippen LogP contribution in [0.2, 0.25) is 5.02 Å². The van der Waals surface area contributed by atoms with E-state index >= 15 is 0 Å². The number of hydrogen-bond acceptors (Lipinski definition) is 10. The molecule has 4 aromatic rings. The van der Waals surface area contributed by atoms with Gasteiger partial charge in [0.1, 0.15) is 44.0 Å². The zero-order chi connectivity index (χ0) is 36.5. The van der Waals surface area contributed by atoms with Crippen molar-refractivity contribution in [3.05, 3.63) is 99.8 Å². The third-order valence-electron chi connectivity index (χ3n) is 9.32. The molecule has 1 fully saturated rings. The van der Waals surface area contributed by atoms with E-state index in [2.05, 4.69) is 28.9 Å². The van der Waals surface area contributed by atoms with Gasteiger partial charge in [0.2, 0.25) is 0 Å². The zero-order valence-corrected chi connectivity index (χ0v) is 30.8. The maximum absolute atomic E-state index is 11.7. The van der Waals surface area contributed by atoms with Gasteiger partial charge < -0.3 is 23.8 Å². The van der Waals surface area contributed by atoms with Gasteiger partial charge in [-0.2, -0.15) is 13.7 Å². The Morgan fingerprint density at radius 3 is 2.54 bits per heavy atom. The number of hydrogen-bond donors (Lipinski definition) is 1. The molecule has 0 bridgehead atoms. The van der Waals surface area contributed by atoms with Crippen LogP contribution in [-0.4, -0.2) is 79.4 Å². The van der Waals surface area contributed by atoms with Crippen LogP contribution in [0, 0.1) is 18.3 Å². The van der Waals surface area contributed by atoms with Crippen LogP contribution in [0.25, 0.3) is 11.1 Å². The Morgan fingerprint density at radius 2 is 1.75 bits per heavy atom. The van der Waals surface area contributed by atoms with Crippen molar-refractivity contribution >= 4 is 21.7 Å². The third-order valence-corrected chi connectivity index (χ3v) is 10.3. The molecule has 13 heteroatoms. The number of nitrogens with zero attached hydrogens (tertiary/aromatic N) is 4. The van der Waals surface area contributed by atoms with E-state index in [0.29, 0.717) is 54.0 Å². The molecule has 3 heterocycles. The molecule has 1 N–H and O–H groups in total. The van der Waals surface area contributed by atoms with Crippen molar-refractivity contribution in [2.75, 3.05) is 51.7 Å². The summed E-state index contributed by atoms with van der Waals surface area (Å²) in [6.45, 7) is 7.63. The molecular formula is C39H43ClN4O7S. The summed E-state index contributed by atoms with van der Waals surface area (Å²) >= 11 is 6.87. The van der Waals surface area contributed by atoms with Gasteiger partial charge in [-0.1, -0.05) is 35.9 Å². The molecule has 1 saturated heterocycles. The van der Waals surface area contributed by atoms with Crippen LogP contribution >= 0.6 is 11.6 Å². The molecule has 52 heavy (non-hydrogen) atoms. The van der Waals surface area contributed by atoms with Crippen molar-refractivity contribution < 1.29 is 31.9 Å². The highest BCUT2D eigenvalue weighted by atomic mass is 35.5. The number of benzene rings is 3. The minimum atomic E-state index is -4.17. The third kappa shape index (κ3) is 10.1. The first-order valence-electron chi connectivity index (χ1n) is 17.5. The van der Waals surface area contributed by atoms with Gasteiger partial charge in [0.25, 0.3) is 10.1 Å². The first-order chi connectivity index (χ1) is 25.1. The molecule has 0 unspecified atom stereocenters. The summed E-state index contributed by atoms with van der Waals surface area (Å²) in [5.41, 5.74) is 5.95. The molecule has 1 aromatic heterocycles. The number of likely N-dealkylation sites (tertiary alicyclic amines) is 1. The van der Waals surface area contributed by atoms with Crippen LogP contribution in [0.1, 0.15) is 47.1 Å². The summed E-state index contributed by atoms with van der Waals surface area (Å²) in [6, 6.07) is 19.4. The maximum atomic E-state index is 11.7. The summed E-state index contributed by atoms with van der Waals surface area (Å²) in [5.74, 6) is 1.99. The molecule has 3 aromatic carbocycles. The summed E-state index contributed by atoms with van der Waals surface area (Å²) in [6.07, 6.45) is 6.36. The minimum absolute atomic E-state index is 0.132. The standard InChI is InChI=1S/C39H43ClN4O7S/c1-28-32(6-4-7-34(28)31-8-9-36-39(20-31)49-16-15-48-36)27-51-38-21-37(50-26-30-18-29(22-41)23-42-24-30)33(19-35(38)40)25-44(14-17-52(45,46)47)13-5-12-43-10-2-3-11-43/h4,6-9,18-21,23-24H,2-3,5,10-17,25-27H2,1H3,(H,45,46,47). The fourth-order valence-corrected chi connectivity index (χ4v) is 7.26. The van der Waals surface area contributed by atoms with Gasteiger partial charge in [0.05, 0.1) is 16.3 Å². The van der Waals surface area contributed by atoms with Crippen molar-refractivity contribution in [2.24, 2.45) is 0 Å². The van der Waals surface area contributed by atoms with Crippen LogP contribution < -0.4 is 18.9 Å². The number of halogens is 1. The van der Waals surface area contributed by atoms with Crippen molar-refractivity contribution in [3.8, 4) is 40.2 Å². The van der Waals surface area contributed by atoms with Crippen LogP contribution in [0.3, 0.4) is 0 Å². The summed E-state index contributed by atoms with van der Waals surface area (Å²) in [7, 11) is -4.17. The monoisotopic (exact) mass is 746 g/mol. The van der Waals surface area contributed by atoms with Crippen LogP contribution in [0.4, 0.5) is 0 Å². The largest absolute Gasteiger partial charge is 0.488 e. The number of ether oxygens (including phenoxy) is 4. The normalized spacial score (nSPS) is 14.4. The summed E-state index contributed by atoms with van der Waals surface area (Å²) in [4.78, 5) is 8.56. The molecule has 0 atom stereocenters. The SMILES string of the molecule is Cc1c(COc2cc(OCc3cncc(C#N)c3)c(CN(CCCN3CCCC3)CCS(=O)(=O)O)cc2Cl)cccc1-c1ccc2c(c1)OCCO2. The van der Waals surface area contributed by atoms with Gasteiger partial charge in [-0.3, -0.25) is 14.4 Å². The highest BCUT2D eigenvalue weighted by Gasteiger charge is 2.20. The van der Waals surface area contributed by atoms with Crippen LogP contribution in [0.5, 0.6) is 23.0 Å². The van der Waals surface area contributed by atoms with Crippen LogP contribution in [-0.2, 0) is 29.9 Å². The van der Waals surface area contributed by atoms with Crippen molar-refractivity contribution in [1.29, 1.82) is 5.26 Å². The van der Waals surface area contributed by atoms with E-state index in [1.165, 1.54) is 19.0 Å². The van der Waals surface area contributed by atoms with Crippen molar-refractivity contribution in [2.45, 2.75) is 45.9 Å². The average molecular weight is 747 g/mol. The van der Waals surface area contributed by atoms with E-state index in [4.69, 9.17) is 30.5 Å². The molecule has 11 nitrogen and oxygen atoms in total. The molecule has 0 saturated carbocycles. The first-order valence-corrected chi connectivity index (χ1v) is 19.4. The van der Waals surface area contributed by atoms with E-state index in [1.54, 1.807) is 24.4 Å². The quantitative estimate of drug-likeness (QED) is 0.123. The maximum Gasteiger partial charge on any atom is 0.266 e. The van der Waals surface area contributed by atoms with Crippen molar-refractivity contribution in [1.82, 2.24) is 14.8 Å². The number of pyridine rings is 1. The van der Waals surface area contributed by atoms with E-state index in [0.717, 1.165) is 65.4 Å². The number of aromatic nitrogens is 1. The van der Waals surface area contributed by atoms with Crippen molar-refractivity contribution in [3.63, 3.8) is 0 Å². The Balaban J connectivity index is 1.23. The average Bonchev–Trinajstić information content (AvgIpc) is 3.66. The molecule has 2 aliphatic heterocycles. The molecule has 274 valence electrons. The molecule has 2 aliphatic rings. The zero-order valence-electron chi connectivity index (χ0n) is 29.2.